The quantitative estimate of drug-likeness (QED) is 0.861. The van der Waals surface area contributed by atoms with Gasteiger partial charge < -0.3 is 14.8 Å². The van der Waals surface area contributed by atoms with Crippen molar-refractivity contribution in [3.63, 3.8) is 0 Å². The van der Waals surface area contributed by atoms with E-state index in [4.69, 9.17) is 21.1 Å². The van der Waals surface area contributed by atoms with E-state index >= 15 is 0 Å². The minimum atomic E-state index is 0.134. The zero-order chi connectivity index (χ0) is 13.0. The molecular weight excluding hydrogens is 250 g/mol. The molecule has 3 atom stereocenters. The van der Waals surface area contributed by atoms with Gasteiger partial charge in [0.2, 0.25) is 0 Å². The van der Waals surface area contributed by atoms with E-state index in [0.717, 1.165) is 23.7 Å². The van der Waals surface area contributed by atoms with Crippen LogP contribution in [0.25, 0.3) is 0 Å². The zero-order valence-electron chi connectivity index (χ0n) is 10.9. The molecule has 2 rings (SSSR count). The Bertz CT molecular complexity index is 369. The third-order valence-electron chi connectivity index (χ3n) is 3.18. The monoisotopic (exact) mass is 269 g/mol. The molecule has 18 heavy (non-hydrogen) atoms. The SMILES string of the molecule is CCNC1CC(Oc2ccc(Cl)cc2)C1OCC. The number of hydrogen-bond acceptors (Lipinski definition) is 3. The van der Waals surface area contributed by atoms with Crippen LogP contribution in [0.1, 0.15) is 20.3 Å². The van der Waals surface area contributed by atoms with Crippen LogP contribution >= 0.6 is 11.6 Å². The summed E-state index contributed by atoms with van der Waals surface area (Å²) in [5.74, 6) is 0.851. The Hall–Kier alpha value is -0.770. The van der Waals surface area contributed by atoms with Crippen molar-refractivity contribution in [1.82, 2.24) is 5.32 Å². The van der Waals surface area contributed by atoms with Crippen molar-refractivity contribution in [3.8, 4) is 5.75 Å². The normalized spacial score (nSPS) is 26.7. The number of rotatable bonds is 6. The Morgan fingerprint density at radius 1 is 1.28 bits per heavy atom. The van der Waals surface area contributed by atoms with E-state index in [0.29, 0.717) is 12.6 Å². The Morgan fingerprint density at radius 2 is 2.00 bits per heavy atom. The molecule has 100 valence electrons. The molecule has 1 N–H and O–H groups in total. The lowest BCUT2D eigenvalue weighted by atomic mass is 9.85. The molecule has 1 saturated carbocycles. The average Bonchev–Trinajstić information content (AvgIpc) is 2.37. The summed E-state index contributed by atoms with van der Waals surface area (Å²) in [5, 5.41) is 4.14. The van der Waals surface area contributed by atoms with E-state index in [1.807, 2.05) is 31.2 Å². The molecule has 0 saturated heterocycles. The highest BCUT2D eigenvalue weighted by Crippen LogP contribution is 2.29. The van der Waals surface area contributed by atoms with Gasteiger partial charge in [-0.15, -0.1) is 0 Å². The van der Waals surface area contributed by atoms with Gasteiger partial charge in [-0.05, 0) is 37.7 Å². The van der Waals surface area contributed by atoms with E-state index in [1.54, 1.807) is 0 Å². The first-order chi connectivity index (χ1) is 8.74. The van der Waals surface area contributed by atoms with Crippen molar-refractivity contribution in [2.75, 3.05) is 13.2 Å². The number of ether oxygens (including phenoxy) is 2. The number of halogens is 1. The van der Waals surface area contributed by atoms with Crippen molar-refractivity contribution in [3.05, 3.63) is 29.3 Å². The molecule has 0 aliphatic heterocycles. The summed E-state index contributed by atoms with van der Waals surface area (Å²) in [4.78, 5) is 0. The van der Waals surface area contributed by atoms with Gasteiger partial charge in [0.1, 0.15) is 18.0 Å². The van der Waals surface area contributed by atoms with Crippen LogP contribution in [0.2, 0.25) is 5.02 Å². The van der Waals surface area contributed by atoms with Gasteiger partial charge in [0.05, 0.1) is 0 Å². The smallest absolute Gasteiger partial charge is 0.128 e. The number of benzene rings is 1. The van der Waals surface area contributed by atoms with Crippen LogP contribution in [0.3, 0.4) is 0 Å². The van der Waals surface area contributed by atoms with Gasteiger partial charge in [-0.2, -0.15) is 0 Å². The lowest BCUT2D eigenvalue weighted by Crippen LogP contribution is -2.61. The second kappa shape index (κ2) is 6.41. The summed E-state index contributed by atoms with van der Waals surface area (Å²) in [6.45, 7) is 5.80. The highest BCUT2D eigenvalue weighted by Gasteiger charge is 2.43. The van der Waals surface area contributed by atoms with Gasteiger partial charge in [-0.25, -0.2) is 0 Å². The van der Waals surface area contributed by atoms with Crippen molar-refractivity contribution < 1.29 is 9.47 Å². The van der Waals surface area contributed by atoms with E-state index in [-0.39, 0.29) is 12.2 Å². The molecule has 0 heterocycles. The number of likely N-dealkylation sites (N-methyl/N-ethyl adjacent to an activating group) is 1. The first kappa shape index (κ1) is 13.7. The molecule has 1 aliphatic rings. The lowest BCUT2D eigenvalue weighted by Gasteiger charge is -2.44. The minimum Gasteiger partial charge on any atom is -0.488 e. The van der Waals surface area contributed by atoms with Crippen LogP contribution in [0.4, 0.5) is 0 Å². The number of hydrogen-bond donors (Lipinski definition) is 1. The van der Waals surface area contributed by atoms with Crippen LogP contribution in [-0.4, -0.2) is 31.4 Å². The highest BCUT2D eigenvalue weighted by atomic mass is 35.5. The van der Waals surface area contributed by atoms with E-state index in [1.165, 1.54) is 0 Å². The maximum Gasteiger partial charge on any atom is 0.128 e. The van der Waals surface area contributed by atoms with Gasteiger partial charge in [-0.3, -0.25) is 0 Å². The summed E-state index contributed by atoms with van der Waals surface area (Å²) in [7, 11) is 0. The van der Waals surface area contributed by atoms with Gasteiger partial charge >= 0.3 is 0 Å². The molecular formula is C14H20ClNO2. The topological polar surface area (TPSA) is 30.5 Å². The van der Waals surface area contributed by atoms with Crippen molar-refractivity contribution in [1.29, 1.82) is 0 Å². The molecule has 3 nitrogen and oxygen atoms in total. The Morgan fingerprint density at radius 3 is 2.61 bits per heavy atom. The first-order valence-electron chi connectivity index (χ1n) is 6.51. The zero-order valence-corrected chi connectivity index (χ0v) is 11.6. The van der Waals surface area contributed by atoms with Gasteiger partial charge in [-0.1, -0.05) is 18.5 Å². The molecule has 1 aliphatic carbocycles. The predicted octanol–water partition coefficient (Wildman–Crippen LogP) is 2.87. The third kappa shape index (κ3) is 3.16. The van der Waals surface area contributed by atoms with E-state index in [9.17, 15) is 0 Å². The molecule has 1 aromatic carbocycles. The molecule has 0 aromatic heterocycles. The van der Waals surface area contributed by atoms with Crippen molar-refractivity contribution >= 4 is 11.6 Å². The van der Waals surface area contributed by atoms with Crippen LogP contribution in [0.15, 0.2) is 24.3 Å². The lowest BCUT2D eigenvalue weighted by molar-refractivity contribution is -0.104. The Kier molecular flexibility index (Phi) is 4.87. The maximum absolute atomic E-state index is 5.92. The largest absolute Gasteiger partial charge is 0.488 e. The van der Waals surface area contributed by atoms with Crippen LogP contribution in [0.5, 0.6) is 5.75 Å². The van der Waals surface area contributed by atoms with Crippen LogP contribution in [0, 0.1) is 0 Å². The third-order valence-corrected chi connectivity index (χ3v) is 3.43. The van der Waals surface area contributed by atoms with Gasteiger partial charge in [0.25, 0.3) is 0 Å². The fraction of sp³-hybridized carbons (Fsp3) is 0.571. The van der Waals surface area contributed by atoms with Crippen molar-refractivity contribution in [2.45, 2.75) is 38.5 Å². The van der Waals surface area contributed by atoms with E-state index in [2.05, 4.69) is 12.2 Å². The Balaban J connectivity index is 1.91. The predicted molar refractivity (Wildman–Crippen MR) is 73.4 cm³/mol. The summed E-state index contributed by atoms with van der Waals surface area (Å²) < 4.78 is 11.7. The Labute approximate surface area is 113 Å². The molecule has 3 unspecified atom stereocenters. The van der Waals surface area contributed by atoms with Gasteiger partial charge in [0, 0.05) is 24.1 Å². The molecule has 0 radical (unpaired) electrons. The summed E-state index contributed by atoms with van der Waals surface area (Å²) in [6, 6.07) is 7.88. The summed E-state index contributed by atoms with van der Waals surface area (Å²) in [5.41, 5.74) is 0. The van der Waals surface area contributed by atoms with Crippen molar-refractivity contribution in [2.24, 2.45) is 0 Å². The van der Waals surface area contributed by atoms with Gasteiger partial charge in [0.15, 0.2) is 0 Å². The molecule has 0 amide bonds. The molecule has 0 spiro atoms. The van der Waals surface area contributed by atoms with E-state index < -0.39 is 0 Å². The molecule has 1 fully saturated rings. The van der Waals surface area contributed by atoms with Crippen LogP contribution in [-0.2, 0) is 4.74 Å². The van der Waals surface area contributed by atoms with Crippen LogP contribution < -0.4 is 10.1 Å². The standard InChI is InChI=1S/C14H20ClNO2/c1-3-16-12-9-13(14(12)17-4-2)18-11-7-5-10(15)6-8-11/h5-8,12-14,16H,3-4,9H2,1-2H3. The average molecular weight is 270 g/mol. The molecule has 0 bridgehead atoms. The summed E-state index contributed by atoms with van der Waals surface area (Å²) >= 11 is 5.85. The first-order valence-corrected chi connectivity index (χ1v) is 6.89. The molecule has 1 aromatic rings. The second-order valence-corrected chi connectivity index (χ2v) is 4.87. The second-order valence-electron chi connectivity index (χ2n) is 4.43. The number of nitrogens with one attached hydrogen (secondary N) is 1. The summed E-state index contributed by atoms with van der Waals surface area (Å²) in [6.07, 6.45) is 1.27. The highest BCUT2D eigenvalue weighted by molar-refractivity contribution is 6.30. The molecule has 4 heteroatoms. The fourth-order valence-electron chi connectivity index (χ4n) is 2.26. The minimum absolute atomic E-state index is 0.134. The fourth-order valence-corrected chi connectivity index (χ4v) is 2.39. The maximum atomic E-state index is 5.92.